The van der Waals surface area contributed by atoms with E-state index in [2.05, 4.69) is 10.2 Å². The number of rotatable bonds is 7. The van der Waals surface area contributed by atoms with Crippen molar-refractivity contribution in [2.45, 2.75) is 30.9 Å². The zero-order valence-corrected chi connectivity index (χ0v) is 17.5. The van der Waals surface area contributed by atoms with Crippen molar-refractivity contribution in [2.75, 3.05) is 0 Å². The largest absolute Gasteiger partial charge is 0.485 e. The molecule has 0 spiro atoms. The minimum Gasteiger partial charge on any atom is -0.485 e. The highest BCUT2D eigenvalue weighted by molar-refractivity contribution is 8.00. The van der Waals surface area contributed by atoms with Crippen LogP contribution in [0, 0.1) is 6.92 Å². The van der Waals surface area contributed by atoms with Crippen molar-refractivity contribution in [3.63, 3.8) is 0 Å². The number of aryl methyl sites for hydroxylation is 1. The van der Waals surface area contributed by atoms with E-state index < -0.39 is 11.2 Å². The van der Waals surface area contributed by atoms with Crippen LogP contribution in [0.25, 0.3) is 16.5 Å². The number of hydrogen-bond acceptors (Lipinski definition) is 5. The van der Waals surface area contributed by atoms with Crippen molar-refractivity contribution in [3.8, 4) is 11.4 Å². The van der Waals surface area contributed by atoms with Crippen molar-refractivity contribution in [2.24, 2.45) is 0 Å². The Kier molecular flexibility index (Phi) is 5.72. The van der Waals surface area contributed by atoms with Gasteiger partial charge in [0.25, 0.3) is 0 Å². The summed E-state index contributed by atoms with van der Waals surface area (Å²) < 4.78 is 7.96. The average molecular weight is 420 g/mol. The van der Waals surface area contributed by atoms with Crippen molar-refractivity contribution < 1.29 is 14.6 Å². The Bertz CT molecular complexity index is 1180. The Hall–Kier alpha value is -3.32. The summed E-state index contributed by atoms with van der Waals surface area (Å²) >= 11 is 1.16. The van der Waals surface area contributed by atoms with Gasteiger partial charge in [-0.1, -0.05) is 65.9 Å². The summed E-state index contributed by atoms with van der Waals surface area (Å²) in [7, 11) is 0. The smallest absolute Gasteiger partial charge is 0.316 e. The summed E-state index contributed by atoms with van der Waals surface area (Å²) in [5.74, 6) is 0.471. The summed E-state index contributed by atoms with van der Waals surface area (Å²) in [6, 6.07) is 21.9. The molecule has 4 rings (SSSR count). The van der Waals surface area contributed by atoms with Crippen molar-refractivity contribution in [1.29, 1.82) is 0 Å². The van der Waals surface area contributed by atoms with E-state index in [4.69, 9.17) is 4.74 Å². The molecule has 3 aromatic carbocycles. The Morgan fingerprint density at radius 3 is 2.57 bits per heavy atom. The molecule has 0 amide bonds. The first kappa shape index (κ1) is 20.0. The molecule has 0 bridgehead atoms. The SMILES string of the molecule is Cc1ccc(-n2c(COc3cccc4ccccc34)nnc2S[C@H](C)C(=O)O)cc1. The Morgan fingerprint density at radius 2 is 1.80 bits per heavy atom. The third kappa shape index (κ3) is 4.16. The summed E-state index contributed by atoms with van der Waals surface area (Å²) in [5.41, 5.74) is 2.00. The summed E-state index contributed by atoms with van der Waals surface area (Å²) in [4.78, 5) is 11.3. The van der Waals surface area contributed by atoms with Crippen LogP contribution in [0.1, 0.15) is 18.3 Å². The number of ether oxygens (including phenoxy) is 1. The minimum atomic E-state index is -0.896. The number of carboxylic acid groups (broad SMARTS) is 1. The van der Waals surface area contributed by atoms with Crippen LogP contribution < -0.4 is 4.74 Å². The van der Waals surface area contributed by atoms with Crippen LogP contribution >= 0.6 is 11.8 Å². The number of aromatic nitrogens is 3. The molecule has 152 valence electrons. The van der Waals surface area contributed by atoms with Gasteiger partial charge < -0.3 is 9.84 Å². The molecule has 0 saturated carbocycles. The standard InChI is InChI=1S/C23H21N3O3S/c1-15-10-12-18(13-11-15)26-21(24-25-23(26)30-16(2)22(27)28)14-29-20-9-5-7-17-6-3-4-8-19(17)20/h3-13,16H,14H2,1-2H3,(H,27,28)/t16-/m1/s1. The fourth-order valence-electron chi connectivity index (χ4n) is 3.10. The molecule has 0 unspecified atom stereocenters. The Morgan fingerprint density at radius 1 is 1.07 bits per heavy atom. The average Bonchev–Trinajstić information content (AvgIpc) is 3.15. The number of aliphatic carboxylic acids is 1. The number of hydrogen-bond donors (Lipinski definition) is 1. The quantitative estimate of drug-likeness (QED) is 0.431. The summed E-state index contributed by atoms with van der Waals surface area (Å²) in [6.45, 7) is 3.85. The van der Waals surface area contributed by atoms with Gasteiger partial charge in [0.05, 0.1) is 0 Å². The second-order valence-electron chi connectivity index (χ2n) is 6.93. The maximum atomic E-state index is 11.3. The van der Waals surface area contributed by atoms with E-state index in [0.717, 1.165) is 39.5 Å². The third-order valence-corrected chi connectivity index (χ3v) is 5.76. The molecule has 1 heterocycles. The molecule has 0 radical (unpaired) electrons. The van der Waals surface area contributed by atoms with Gasteiger partial charge in [0.1, 0.15) is 17.6 Å². The maximum absolute atomic E-state index is 11.3. The van der Waals surface area contributed by atoms with E-state index in [1.807, 2.05) is 78.2 Å². The van der Waals surface area contributed by atoms with E-state index in [0.29, 0.717) is 11.0 Å². The molecule has 0 aliphatic carbocycles. The molecule has 0 aliphatic rings. The van der Waals surface area contributed by atoms with Crippen LogP contribution in [0.3, 0.4) is 0 Å². The molecule has 6 nitrogen and oxygen atoms in total. The van der Waals surface area contributed by atoms with Crippen LogP contribution in [0.4, 0.5) is 0 Å². The van der Waals surface area contributed by atoms with Gasteiger partial charge in [-0.15, -0.1) is 10.2 Å². The molecule has 1 atom stereocenters. The van der Waals surface area contributed by atoms with E-state index in [1.165, 1.54) is 0 Å². The highest BCUT2D eigenvalue weighted by atomic mass is 32.2. The summed E-state index contributed by atoms with van der Waals surface area (Å²) in [6.07, 6.45) is 0. The lowest BCUT2D eigenvalue weighted by Crippen LogP contribution is -2.13. The van der Waals surface area contributed by atoms with Gasteiger partial charge in [-0.05, 0) is 37.4 Å². The van der Waals surface area contributed by atoms with Crippen molar-refractivity contribution in [1.82, 2.24) is 14.8 Å². The first-order chi connectivity index (χ1) is 14.5. The van der Waals surface area contributed by atoms with Crippen molar-refractivity contribution >= 4 is 28.5 Å². The third-order valence-electron chi connectivity index (χ3n) is 4.73. The first-order valence-electron chi connectivity index (χ1n) is 9.54. The van der Waals surface area contributed by atoms with Gasteiger partial charge in [0.15, 0.2) is 11.0 Å². The molecule has 7 heteroatoms. The zero-order valence-electron chi connectivity index (χ0n) is 16.6. The van der Waals surface area contributed by atoms with E-state index >= 15 is 0 Å². The van der Waals surface area contributed by atoms with Gasteiger partial charge >= 0.3 is 5.97 Å². The second-order valence-corrected chi connectivity index (χ2v) is 8.24. The van der Waals surface area contributed by atoms with Crippen molar-refractivity contribution in [3.05, 3.63) is 78.1 Å². The fourth-order valence-corrected chi connectivity index (χ4v) is 3.92. The fraction of sp³-hybridized carbons (Fsp3) is 0.174. The molecule has 1 aromatic heterocycles. The Labute approximate surface area is 178 Å². The van der Waals surface area contributed by atoms with Gasteiger partial charge in [0, 0.05) is 11.1 Å². The van der Waals surface area contributed by atoms with E-state index in [1.54, 1.807) is 6.92 Å². The van der Waals surface area contributed by atoms with Crippen LogP contribution in [-0.4, -0.2) is 31.1 Å². The van der Waals surface area contributed by atoms with E-state index in [9.17, 15) is 9.90 Å². The first-order valence-corrected chi connectivity index (χ1v) is 10.4. The highest BCUT2D eigenvalue weighted by Gasteiger charge is 2.21. The molecule has 0 saturated heterocycles. The van der Waals surface area contributed by atoms with Crippen LogP contribution in [0.15, 0.2) is 71.9 Å². The van der Waals surface area contributed by atoms with Gasteiger partial charge in [-0.2, -0.15) is 0 Å². The lowest BCUT2D eigenvalue weighted by molar-refractivity contribution is -0.136. The van der Waals surface area contributed by atoms with Crippen LogP contribution in [0.5, 0.6) is 5.75 Å². The molecule has 0 fully saturated rings. The normalized spacial score (nSPS) is 12.1. The monoisotopic (exact) mass is 419 g/mol. The highest BCUT2D eigenvalue weighted by Crippen LogP contribution is 2.29. The maximum Gasteiger partial charge on any atom is 0.316 e. The number of thioether (sulfide) groups is 1. The molecule has 0 aliphatic heterocycles. The van der Waals surface area contributed by atoms with E-state index in [-0.39, 0.29) is 6.61 Å². The second kappa shape index (κ2) is 8.59. The number of nitrogens with zero attached hydrogens (tertiary/aromatic N) is 3. The number of carboxylic acids is 1. The molecular formula is C23H21N3O3S. The minimum absolute atomic E-state index is 0.205. The number of benzene rings is 3. The van der Waals surface area contributed by atoms with Crippen LogP contribution in [-0.2, 0) is 11.4 Å². The molecule has 30 heavy (non-hydrogen) atoms. The van der Waals surface area contributed by atoms with Gasteiger partial charge in [-0.3, -0.25) is 9.36 Å². The Balaban J connectivity index is 1.67. The number of fused-ring (bicyclic) bond motifs is 1. The predicted octanol–water partition coefficient (Wildman–Crippen LogP) is 4.87. The summed E-state index contributed by atoms with van der Waals surface area (Å²) in [5, 5.41) is 19.8. The molecular weight excluding hydrogens is 398 g/mol. The molecule has 1 N–H and O–H groups in total. The predicted molar refractivity (Wildman–Crippen MR) is 117 cm³/mol. The van der Waals surface area contributed by atoms with Gasteiger partial charge in [-0.25, -0.2) is 0 Å². The lowest BCUT2D eigenvalue weighted by atomic mass is 10.1. The number of carbonyl (C=O) groups is 1. The molecule has 4 aromatic rings. The zero-order chi connectivity index (χ0) is 21.1. The topological polar surface area (TPSA) is 77.2 Å². The lowest BCUT2D eigenvalue weighted by Gasteiger charge is -2.13. The van der Waals surface area contributed by atoms with Gasteiger partial charge in [0.2, 0.25) is 0 Å². The van der Waals surface area contributed by atoms with Crippen LogP contribution in [0.2, 0.25) is 0 Å².